The van der Waals surface area contributed by atoms with Crippen molar-refractivity contribution >= 4 is 42.6 Å². The average molecular weight is 529 g/mol. The molecule has 1 amide bonds. The van der Waals surface area contributed by atoms with Crippen LogP contribution >= 0.6 is 11.3 Å². The number of hydrogen-bond donors (Lipinski definition) is 0. The average Bonchev–Trinajstić information content (AvgIpc) is 3.29. The molecule has 1 aliphatic heterocycles. The molecular formula is C27H36N4O3S2. The lowest BCUT2D eigenvalue weighted by Gasteiger charge is -2.29. The summed E-state index contributed by atoms with van der Waals surface area (Å²) < 4.78 is 28.8. The number of piperidine rings is 1. The lowest BCUT2D eigenvalue weighted by molar-refractivity contribution is 0.0983. The standard InChI is InChI=1S/C27H36N4O3S2/c1-5-29(6-2)17-18-31(27-28-24-12-7-21(4)19-25(24)35-27)26(32)22-8-10-23(11-9-22)36(33,34)30-15-13-20(3)14-16-30/h7-12,19-20H,5-6,13-18H2,1-4H3. The number of benzene rings is 2. The zero-order valence-corrected chi connectivity index (χ0v) is 23.2. The van der Waals surface area contributed by atoms with Crippen molar-refractivity contribution in [2.75, 3.05) is 44.2 Å². The molecule has 0 aliphatic carbocycles. The fourth-order valence-corrected chi connectivity index (χ4v) is 7.06. The number of hydrogen-bond acceptors (Lipinski definition) is 6. The van der Waals surface area contributed by atoms with Crippen molar-refractivity contribution in [1.29, 1.82) is 0 Å². The van der Waals surface area contributed by atoms with Crippen LogP contribution in [0.25, 0.3) is 10.2 Å². The molecule has 1 aromatic heterocycles. The van der Waals surface area contributed by atoms with Crippen LogP contribution in [0.4, 0.5) is 5.13 Å². The molecule has 0 atom stereocenters. The predicted molar refractivity (Wildman–Crippen MR) is 147 cm³/mol. The number of thiazole rings is 1. The van der Waals surface area contributed by atoms with Gasteiger partial charge in [-0.1, -0.05) is 38.2 Å². The third kappa shape index (κ3) is 5.80. The molecule has 0 unspecified atom stereocenters. The Bertz CT molecular complexity index is 1290. The van der Waals surface area contributed by atoms with Crippen molar-refractivity contribution in [2.24, 2.45) is 5.92 Å². The maximum atomic E-state index is 13.7. The van der Waals surface area contributed by atoms with E-state index in [1.54, 1.807) is 33.5 Å². The first-order valence-electron chi connectivity index (χ1n) is 12.7. The second-order valence-corrected chi connectivity index (χ2v) is 12.5. The van der Waals surface area contributed by atoms with Crippen LogP contribution in [0.3, 0.4) is 0 Å². The summed E-state index contributed by atoms with van der Waals surface area (Å²) >= 11 is 1.51. The maximum Gasteiger partial charge on any atom is 0.260 e. The van der Waals surface area contributed by atoms with Gasteiger partial charge < -0.3 is 4.90 Å². The van der Waals surface area contributed by atoms with E-state index in [0.29, 0.717) is 36.2 Å². The molecular weight excluding hydrogens is 492 g/mol. The van der Waals surface area contributed by atoms with Crippen LogP contribution in [0.1, 0.15) is 49.5 Å². The number of likely N-dealkylation sites (N-methyl/N-ethyl adjacent to an activating group) is 1. The second kappa shape index (κ2) is 11.4. The summed E-state index contributed by atoms with van der Waals surface area (Å²) in [6.45, 7) is 12.5. The molecule has 0 radical (unpaired) electrons. The number of amides is 1. The number of nitrogens with zero attached hydrogens (tertiary/aromatic N) is 4. The van der Waals surface area contributed by atoms with Crippen molar-refractivity contribution in [2.45, 2.75) is 45.4 Å². The molecule has 1 aliphatic rings. The minimum Gasteiger partial charge on any atom is -0.302 e. The Morgan fingerprint density at radius 1 is 1.06 bits per heavy atom. The number of carbonyl (C=O) groups is 1. The smallest absolute Gasteiger partial charge is 0.260 e. The quantitative estimate of drug-likeness (QED) is 0.390. The molecule has 2 heterocycles. The third-order valence-corrected chi connectivity index (χ3v) is 9.98. The first-order chi connectivity index (χ1) is 17.2. The summed E-state index contributed by atoms with van der Waals surface area (Å²) in [4.78, 5) is 22.7. The summed E-state index contributed by atoms with van der Waals surface area (Å²) in [5, 5.41) is 0.659. The zero-order chi connectivity index (χ0) is 25.9. The van der Waals surface area contributed by atoms with Gasteiger partial charge >= 0.3 is 0 Å². The fraction of sp³-hybridized carbons (Fsp3) is 0.481. The summed E-state index contributed by atoms with van der Waals surface area (Å²) in [6, 6.07) is 12.5. The predicted octanol–water partition coefficient (Wildman–Crippen LogP) is 5.01. The maximum absolute atomic E-state index is 13.7. The molecule has 194 valence electrons. The van der Waals surface area contributed by atoms with Gasteiger partial charge in [0, 0.05) is 31.7 Å². The van der Waals surface area contributed by atoms with Crippen molar-refractivity contribution < 1.29 is 13.2 Å². The first kappa shape index (κ1) is 26.7. The minimum absolute atomic E-state index is 0.173. The number of aryl methyl sites for hydroxylation is 1. The van der Waals surface area contributed by atoms with Gasteiger partial charge in [0.25, 0.3) is 5.91 Å². The largest absolute Gasteiger partial charge is 0.302 e. The lowest BCUT2D eigenvalue weighted by atomic mass is 10.0. The van der Waals surface area contributed by atoms with E-state index in [0.717, 1.165) is 48.3 Å². The second-order valence-electron chi connectivity index (χ2n) is 9.56. The molecule has 0 N–H and O–H groups in total. The Hall–Kier alpha value is -2.33. The summed E-state index contributed by atoms with van der Waals surface area (Å²) in [6.07, 6.45) is 1.75. The van der Waals surface area contributed by atoms with Gasteiger partial charge in [-0.15, -0.1) is 0 Å². The van der Waals surface area contributed by atoms with Gasteiger partial charge in [0.15, 0.2) is 5.13 Å². The van der Waals surface area contributed by atoms with Gasteiger partial charge in [-0.3, -0.25) is 9.69 Å². The molecule has 0 spiro atoms. The normalized spacial score (nSPS) is 15.6. The molecule has 3 aromatic rings. The van der Waals surface area contributed by atoms with Crippen LogP contribution in [0, 0.1) is 12.8 Å². The highest BCUT2D eigenvalue weighted by atomic mass is 32.2. The van der Waals surface area contributed by atoms with Crippen molar-refractivity contribution in [3.63, 3.8) is 0 Å². The van der Waals surface area contributed by atoms with Crippen LogP contribution in [-0.4, -0.2) is 67.8 Å². The number of anilines is 1. The number of rotatable bonds is 9. The Kier molecular flexibility index (Phi) is 8.44. The monoisotopic (exact) mass is 528 g/mol. The van der Waals surface area contributed by atoms with E-state index in [2.05, 4.69) is 31.7 Å². The van der Waals surface area contributed by atoms with E-state index in [4.69, 9.17) is 4.98 Å². The van der Waals surface area contributed by atoms with E-state index >= 15 is 0 Å². The number of aromatic nitrogens is 1. The van der Waals surface area contributed by atoms with Crippen molar-refractivity contribution in [1.82, 2.24) is 14.2 Å². The molecule has 7 nitrogen and oxygen atoms in total. The molecule has 9 heteroatoms. The number of carbonyl (C=O) groups excluding carboxylic acids is 1. The highest BCUT2D eigenvalue weighted by Crippen LogP contribution is 2.31. The zero-order valence-electron chi connectivity index (χ0n) is 21.6. The highest BCUT2D eigenvalue weighted by Gasteiger charge is 2.29. The van der Waals surface area contributed by atoms with Gasteiger partial charge in [0.05, 0.1) is 15.1 Å². The van der Waals surface area contributed by atoms with Crippen LogP contribution in [0.15, 0.2) is 47.4 Å². The van der Waals surface area contributed by atoms with Crippen LogP contribution in [-0.2, 0) is 10.0 Å². The van der Waals surface area contributed by atoms with E-state index in [-0.39, 0.29) is 10.8 Å². The highest BCUT2D eigenvalue weighted by molar-refractivity contribution is 7.89. The van der Waals surface area contributed by atoms with Crippen LogP contribution < -0.4 is 4.90 Å². The Labute approximate surface area is 218 Å². The van der Waals surface area contributed by atoms with Gasteiger partial charge in [0.2, 0.25) is 10.0 Å². The summed E-state index contributed by atoms with van der Waals surface area (Å²) in [5.41, 5.74) is 2.48. The lowest BCUT2D eigenvalue weighted by Crippen LogP contribution is -2.39. The molecule has 0 saturated carbocycles. The number of fused-ring (bicyclic) bond motifs is 1. The van der Waals surface area contributed by atoms with Gasteiger partial charge in [0.1, 0.15) is 0 Å². The van der Waals surface area contributed by atoms with Gasteiger partial charge in [-0.25, -0.2) is 13.4 Å². The van der Waals surface area contributed by atoms with Crippen LogP contribution in [0.5, 0.6) is 0 Å². The van der Waals surface area contributed by atoms with Crippen molar-refractivity contribution in [3.8, 4) is 0 Å². The molecule has 2 aromatic carbocycles. The summed E-state index contributed by atoms with van der Waals surface area (Å²) in [5.74, 6) is 0.374. The first-order valence-corrected chi connectivity index (χ1v) is 15.0. The Balaban J connectivity index is 1.60. The van der Waals surface area contributed by atoms with E-state index in [9.17, 15) is 13.2 Å². The van der Waals surface area contributed by atoms with E-state index in [1.165, 1.54) is 11.3 Å². The SMILES string of the molecule is CCN(CC)CCN(C(=O)c1ccc(S(=O)(=O)N2CCC(C)CC2)cc1)c1nc2ccc(C)cc2s1. The van der Waals surface area contributed by atoms with Crippen LogP contribution in [0.2, 0.25) is 0 Å². The molecule has 36 heavy (non-hydrogen) atoms. The number of sulfonamides is 1. The molecule has 0 bridgehead atoms. The molecule has 1 saturated heterocycles. The van der Waals surface area contributed by atoms with E-state index < -0.39 is 10.0 Å². The Morgan fingerprint density at radius 2 is 1.72 bits per heavy atom. The molecule has 1 fully saturated rings. The fourth-order valence-electron chi connectivity index (χ4n) is 4.50. The summed E-state index contributed by atoms with van der Waals surface area (Å²) in [7, 11) is -3.56. The van der Waals surface area contributed by atoms with Gasteiger partial charge in [-0.05, 0) is 80.7 Å². The van der Waals surface area contributed by atoms with E-state index in [1.807, 2.05) is 19.1 Å². The topological polar surface area (TPSA) is 73.8 Å². The Morgan fingerprint density at radius 3 is 2.36 bits per heavy atom. The third-order valence-electron chi connectivity index (χ3n) is 7.02. The van der Waals surface area contributed by atoms with Crippen molar-refractivity contribution in [3.05, 3.63) is 53.6 Å². The molecule has 4 rings (SSSR count). The minimum atomic E-state index is -3.56. The van der Waals surface area contributed by atoms with Gasteiger partial charge in [-0.2, -0.15) is 4.31 Å².